The van der Waals surface area contributed by atoms with Gasteiger partial charge >= 0.3 is 0 Å². The van der Waals surface area contributed by atoms with E-state index in [4.69, 9.17) is 12.2 Å². The monoisotopic (exact) mass is 374 g/mol. The first kappa shape index (κ1) is 18.3. The van der Waals surface area contributed by atoms with E-state index in [2.05, 4.69) is 4.98 Å². The third-order valence-corrected chi connectivity index (χ3v) is 5.06. The molecule has 1 aliphatic heterocycles. The summed E-state index contributed by atoms with van der Waals surface area (Å²) in [5.74, 6) is -0.187. The minimum Gasteiger partial charge on any atom is -0.347 e. The van der Waals surface area contributed by atoms with Crippen LogP contribution in [0.5, 0.6) is 0 Å². The Kier molecular flexibility index (Phi) is 5.22. The molecule has 7 nitrogen and oxygen atoms in total. The zero-order valence-corrected chi connectivity index (χ0v) is 15.7. The molecule has 1 aromatic carbocycles. The molecular weight excluding hydrogens is 352 g/mol. The lowest BCUT2D eigenvalue weighted by Gasteiger charge is -2.26. The number of likely N-dealkylation sites (tertiary alicyclic amines) is 1. The molecule has 1 saturated heterocycles. The molecule has 138 valence electrons. The van der Waals surface area contributed by atoms with E-state index in [-0.39, 0.29) is 30.3 Å². The molecule has 1 atom stereocenters. The zero-order chi connectivity index (χ0) is 18.8. The molecule has 1 aromatic heterocycles. The Morgan fingerprint density at radius 2 is 2.04 bits per heavy atom. The van der Waals surface area contributed by atoms with Crippen LogP contribution >= 0.6 is 12.2 Å². The van der Waals surface area contributed by atoms with Gasteiger partial charge in [-0.05, 0) is 37.2 Å². The molecule has 1 aliphatic rings. The van der Waals surface area contributed by atoms with Crippen molar-refractivity contribution in [3.05, 3.63) is 39.4 Å². The molecule has 0 aliphatic carbocycles. The van der Waals surface area contributed by atoms with Gasteiger partial charge < -0.3 is 14.8 Å². The number of hydrogen-bond acceptors (Lipinski definition) is 4. The Hall–Kier alpha value is -2.48. The van der Waals surface area contributed by atoms with E-state index in [9.17, 15) is 14.4 Å². The lowest BCUT2D eigenvalue weighted by molar-refractivity contribution is -0.142. The number of para-hydroxylation sites is 1. The molecule has 1 fully saturated rings. The molecule has 0 saturated carbocycles. The van der Waals surface area contributed by atoms with E-state index >= 15 is 0 Å². The summed E-state index contributed by atoms with van der Waals surface area (Å²) in [6.07, 6.45) is 1.62. The highest BCUT2D eigenvalue weighted by atomic mass is 32.1. The van der Waals surface area contributed by atoms with Crippen molar-refractivity contribution in [2.45, 2.75) is 31.8 Å². The maximum Gasteiger partial charge on any atom is 0.262 e. The third kappa shape index (κ3) is 3.41. The number of hydrogen-bond donors (Lipinski definition) is 1. The fourth-order valence-corrected chi connectivity index (χ4v) is 3.66. The lowest BCUT2D eigenvalue weighted by atomic mass is 10.2. The number of rotatable bonds is 4. The number of amides is 2. The summed E-state index contributed by atoms with van der Waals surface area (Å²) in [7, 11) is 3.38. The highest BCUT2D eigenvalue weighted by Crippen LogP contribution is 2.20. The molecular formula is C18H22N4O3S. The van der Waals surface area contributed by atoms with Gasteiger partial charge in [0.15, 0.2) is 4.77 Å². The number of fused-ring (bicyclic) bond motifs is 1. The maximum absolute atomic E-state index is 12.6. The van der Waals surface area contributed by atoms with E-state index in [0.29, 0.717) is 28.6 Å². The Balaban J connectivity index is 1.78. The lowest BCUT2D eigenvalue weighted by Crippen LogP contribution is -2.45. The normalized spacial score (nSPS) is 16.8. The molecule has 3 rings (SSSR count). The third-order valence-electron chi connectivity index (χ3n) is 4.74. The number of likely N-dealkylation sites (N-methyl/N-ethyl adjacent to an activating group) is 1. The molecule has 0 spiro atoms. The molecule has 0 bridgehead atoms. The van der Waals surface area contributed by atoms with Crippen LogP contribution < -0.4 is 5.56 Å². The maximum atomic E-state index is 12.6. The summed E-state index contributed by atoms with van der Waals surface area (Å²) in [5, 5.41) is 0.537. The summed E-state index contributed by atoms with van der Waals surface area (Å²) in [6, 6.07) is 6.74. The predicted octanol–water partition coefficient (Wildman–Crippen LogP) is 1.53. The Morgan fingerprint density at radius 3 is 2.77 bits per heavy atom. The Bertz CT molecular complexity index is 963. The van der Waals surface area contributed by atoms with Crippen LogP contribution in [0.25, 0.3) is 10.9 Å². The van der Waals surface area contributed by atoms with Gasteiger partial charge in [-0.2, -0.15) is 0 Å². The van der Waals surface area contributed by atoms with Crippen LogP contribution in [-0.4, -0.2) is 57.8 Å². The number of carbonyl (C=O) groups excluding carboxylic acids is 2. The molecule has 26 heavy (non-hydrogen) atoms. The highest BCUT2D eigenvalue weighted by Gasteiger charge is 2.34. The summed E-state index contributed by atoms with van der Waals surface area (Å²) < 4.78 is 1.71. The van der Waals surface area contributed by atoms with Crippen molar-refractivity contribution in [3.63, 3.8) is 0 Å². The number of nitrogens with zero attached hydrogens (tertiary/aromatic N) is 3. The number of benzene rings is 1. The van der Waals surface area contributed by atoms with Gasteiger partial charge in [0.2, 0.25) is 11.8 Å². The molecule has 1 N–H and O–H groups in total. The first-order valence-electron chi connectivity index (χ1n) is 8.62. The van der Waals surface area contributed by atoms with Crippen LogP contribution in [0.15, 0.2) is 29.1 Å². The standard InChI is InChI=1S/C18H22N4O3S/c1-20(2)17(25)14-8-5-10-21(14)15(23)9-11-22-16(24)12-6-3-4-7-13(12)19-18(22)26/h3-4,6-7,14H,5,8-11H2,1-2H3,(H,19,26). The second kappa shape index (κ2) is 7.41. The van der Waals surface area contributed by atoms with E-state index < -0.39 is 6.04 Å². The van der Waals surface area contributed by atoms with Crippen LogP contribution in [0.3, 0.4) is 0 Å². The van der Waals surface area contributed by atoms with Crippen molar-refractivity contribution in [2.75, 3.05) is 20.6 Å². The number of aromatic amines is 1. The molecule has 2 heterocycles. The average molecular weight is 374 g/mol. The number of aromatic nitrogens is 2. The van der Waals surface area contributed by atoms with Crippen molar-refractivity contribution in [2.24, 2.45) is 0 Å². The van der Waals surface area contributed by atoms with E-state index in [0.717, 1.165) is 6.42 Å². The SMILES string of the molecule is CN(C)C(=O)C1CCCN1C(=O)CCn1c(=S)[nH]c2ccccc2c1=O. The molecule has 1 unspecified atom stereocenters. The molecule has 2 amide bonds. The molecule has 2 aromatic rings. The summed E-state index contributed by atoms with van der Waals surface area (Å²) >= 11 is 5.27. The Morgan fingerprint density at radius 1 is 1.31 bits per heavy atom. The fraction of sp³-hybridized carbons (Fsp3) is 0.444. The largest absolute Gasteiger partial charge is 0.347 e. The second-order valence-corrected chi connectivity index (χ2v) is 7.05. The van der Waals surface area contributed by atoms with Crippen molar-refractivity contribution in [1.82, 2.24) is 19.4 Å². The number of carbonyl (C=O) groups is 2. The van der Waals surface area contributed by atoms with Gasteiger partial charge in [-0.25, -0.2) is 0 Å². The number of H-pyrrole nitrogens is 1. The van der Waals surface area contributed by atoms with E-state index in [1.54, 1.807) is 37.2 Å². The Labute approximate surface area is 156 Å². The van der Waals surface area contributed by atoms with Gasteiger partial charge in [-0.1, -0.05) is 12.1 Å². The predicted molar refractivity (Wildman–Crippen MR) is 101 cm³/mol. The molecule has 0 radical (unpaired) electrons. The van der Waals surface area contributed by atoms with Crippen LogP contribution in [0, 0.1) is 4.77 Å². The van der Waals surface area contributed by atoms with Gasteiger partial charge in [-0.3, -0.25) is 19.0 Å². The van der Waals surface area contributed by atoms with Gasteiger partial charge in [-0.15, -0.1) is 0 Å². The summed E-state index contributed by atoms with van der Waals surface area (Å²) in [5.41, 5.74) is 0.473. The van der Waals surface area contributed by atoms with Crippen molar-refractivity contribution in [3.8, 4) is 0 Å². The van der Waals surface area contributed by atoms with Crippen molar-refractivity contribution < 1.29 is 9.59 Å². The fourth-order valence-electron chi connectivity index (χ4n) is 3.37. The highest BCUT2D eigenvalue weighted by molar-refractivity contribution is 7.71. The zero-order valence-electron chi connectivity index (χ0n) is 14.9. The van der Waals surface area contributed by atoms with Gasteiger partial charge in [0.25, 0.3) is 5.56 Å². The minimum atomic E-state index is -0.402. The van der Waals surface area contributed by atoms with Crippen LogP contribution in [0.2, 0.25) is 0 Å². The van der Waals surface area contributed by atoms with Crippen LogP contribution in [-0.2, 0) is 16.1 Å². The molecule has 8 heteroatoms. The number of nitrogens with one attached hydrogen (secondary N) is 1. The average Bonchev–Trinajstić information content (AvgIpc) is 3.10. The van der Waals surface area contributed by atoms with Gasteiger partial charge in [0.1, 0.15) is 6.04 Å². The van der Waals surface area contributed by atoms with Crippen molar-refractivity contribution in [1.29, 1.82) is 0 Å². The summed E-state index contributed by atoms with van der Waals surface area (Å²) in [4.78, 5) is 43.7. The topological polar surface area (TPSA) is 78.4 Å². The smallest absolute Gasteiger partial charge is 0.262 e. The first-order chi connectivity index (χ1) is 12.4. The van der Waals surface area contributed by atoms with E-state index in [1.165, 1.54) is 9.47 Å². The first-order valence-corrected chi connectivity index (χ1v) is 9.03. The second-order valence-electron chi connectivity index (χ2n) is 6.66. The summed E-state index contributed by atoms with van der Waals surface area (Å²) in [6.45, 7) is 0.764. The van der Waals surface area contributed by atoms with Crippen LogP contribution in [0.4, 0.5) is 0 Å². The van der Waals surface area contributed by atoms with Crippen LogP contribution in [0.1, 0.15) is 19.3 Å². The van der Waals surface area contributed by atoms with E-state index in [1.807, 2.05) is 6.07 Å². The van der Waals surface area contributed by atoms with Crippen molar-refractivity contribution >= 4 is 34.9 Å². The minimum absolute atomic E-state index is 0.0592. The van der Waals surface area contributed by atoms with Gasteiger partial charge in [0.05, 0.1) is 10.9 Å². The van der Waals surface area contributed by atoms with Gasteiger partial charge in [0, 0.05) is 33.6 Å². The quantitative estimate of drug-likeness (QED) is 0.824.